The molecule has 1 aromatic carbocycles. The zero-order chi connectivity index (χ0) is 13.8. The third-order valence-corrected chi connectivity index (χ3v) is 4.11. The van der Waals surface area contributed by atoms with E-state index in [2.05, 4.69) is 31.3 Å². The van der Waals surface area contributed by atoms with Crippen LogP contribution in [0.4, 0.5) is 5.69 Å². The molecule has 0 aliphatic carbocycles. The summed E-state index contributed by atoms with van der Waals surface area (Å²) in [4.78, 5) is 2.64. The van der Waals surface area contributed by atoms with E-state index in [0.29, 0.717) is 0 Å². The number of nitrogens with one attached hydrogen (secondary N) is 1. The Morgan fingerprint density at radius 3 is 2.16 bits per heavy atom. The maximum Gasteiger partial charge on any atom is 0.124 e. The van der Waals surface area contributed by atoms with Crippen molar-refractivity contribution in [2.24, 2.45) is 0 Å². The molecule has 2 rings (SSSR count). The number of methoxy groups -OCH3 is 2. The van der Waals surface area contributed by atoms with Gasteiger partial charge in [0.25, 0.3) is 0 Å². The number of hydrogen-bond acceptors (Lipinski definition) is 4. The lowest BCUT2D eigenvalue weighted by Gasteiger charge is -2.15. The molecule has 19 heavy (non-hydrogen) atoms. The van der Waals surface area contributed by atoms with Crippen LogP contribution in [0.2, 0.25) is 0 Å². The fourth-order valence-electron chi connectivity index (χ4n) is 1.90. The first-order valence-electron chi connectivity index (χ1n) is 6.18. The highest BCUT2D eigenvalue weighted by molar-refractivity contribution is 7.12. The Kier molecular flexibility index (Phi) is 4.32. The molecule has 1 atom stereocenters. The molecular weight excluding hydrogens is 258 g/mol. The molecule has 1 unspecified atom stereocenters. The molecule has 2 aromatic rings. The summed E-state index contributed by atoms with van der Waals surface area (Å²) in [6.45, 7) is 4.27. The van der Waals surface area contributed by atoms with Gasteiger partial charge in [-0.25, -0.2) is 0 Å². The zero-order valence-electron chi connectivity index (χ0n) is 11.7. The van der Waals surface area contributed by atoms with E-state index in [9.17, 15) is 0 Å². The molecule has 3 nitrogen and oxygen atoms in total. The Bertz CT molecular complexity index is 529. The van der Waals surface area contributed by atoms with Crippen molar-refractivity contribution in [2.45, 2.75) is 19.9 Å². The van der Waals surface area contributed by atoms with Crippen LogP contribution in [0, 0.1) is 6.92 Å². The topological polar surface area (TPSA) is 30.5 Å². The molecule has 1 heterocycles. The van der Waals surface area contributed by atoms with Crippen molar-refractivity contribution in [3.8, 4) is 11.5 Å². The largest absolute Gasteiger partial charge is 0.497 e. The summed E-state index contributed by atoms with van der Waals surface area (Å²) in [6, 6.07) is 10.4. The predicted octanol–water partition coefficient (Wildman–Crippen LogP) is 4.25. The van der Waals surface area contributed by atoms with Crippen LogP contribution in [0.5, 0.6) is 11.5 Å². The molecule has 4 heteroatoms. The van der Waals surface area contributed by atoms with Gasteiger partial charge in [-0.3, -0.25) is 0 Å². The lowest BCUT2D eigenvalue weighted by molar-refractivity contribution is 0.394. The Morgan fingerprint density at radius 2 is 1.68 bits per heavy atom. The lowest BCUT2D eigenvalue weighted by atomic mass is 10.2. The van der Waals surface area contributed by atoms with Gasteiger partial charge in [0.05, 0.1) is 20.3 Å². The summed E-state index contributed by atoms with van der Waals surface area (Å²) >= 11 is 1.81. The van der Waals surface area contributed by atoms with Gasteiger partial charge in [0, 0.05) is 33.6 Å². The second-order valence-electron chi connectivity index (χ2n) is 4.42. The predicted molar refractivity (Wildman–Crippen MR) is 80.6 cm³/mol. The van der Waals surface area contributed by atoms with E-state index >= 15 is 0 Å². The van der Waals surface area contributed by atoms with Crippen LogP contribution >= 0.6 is 11.3 Å². The average Bonchev–Trinajstić information content (AvgIpc) is 2.85. The zero-order valence-corrected chi connectivity index (χ0v) is 12.5. The molecule has 102 valence electrons. The van der Waals surface area contributed by atoms with Gasteiger partial charge in [0.15, 0.2) is 0 Å². The fourth-order valence-corrected chi connectivity index (χ4v) is 2.78. The van der Waals surface area contributed by atoms with Crippen molar-refractivity contribution in [2.75, 3.05) is 19.5 Å². The molecule has 0 saturated carbocycles. The molecule has 0 amide bonds. The smallest absolute Gasteiger partial charge is 0.124 e. The Balaban J connectivity index is 2.18. The van der Waals surface area contributed by atoms with E-state index in [0.717, 1.165) is 17.2 Å². The summed E-state index contributed by atoms with van der Waals surface area (Å²) in [6.07, 6.45) is 0. The monoisotopic (exact) mass is 277 g/mol. The quantitative estimate of drug-likeness (QED) is 0.886. The molecule has 0 radical (unpaired) electrons. The Morgan fingerprint density at radius 1 is 1.05 bits per heavy atom. The van der Waals surface area contributed by atoms with Gasteiger partial charge >= 0.3 is 0 Å². The average molecular weight is 277 g/mol. The minimum atomic E-state index is 0.260. The van der Waals surface area contributed by atoms with E-state index < -0.39 is 0 Å². The highest BCUT2D eigenvalue weighted by Crippen LogP contribution is 2.30. The fraction of sp³-hybridized carbons (Fsp3) is 0.333. The van der Waals surface area contributed by atoms with Crippen LogP contribution in [0.15, 0.2) is 30.3 Å². The maximum atomic E-state index is 5.27. The normalized spacial score (nSPS) is 12.0. The van der Waals surface area contributed by atoms with Gasteiger partial charge in [-0.15, -0.1) is 11.3 Å². The first kappa shape index (κ1) is 13.7. The molecule has 0 aliphatic rings. The number of thiophene rings is 1. The number of aryl methyl sites for hydroxylation is 1. The molecule has 0 fully saturated rings. The minimum Gasteiger partial charge on any atom is -0.497 e. The van der Waals surface area contributed by atoms with Gasteiger partial charge in [-0.2, -0.15) is 0 Å². The summed E-state index contributed by atoms with van der Waals surface area (Å²) in [5.74, 6) is 1.58. The van der Waals surface area contributed by atoms with Crippen LogP contribution < -0.4 is 14.8 Å². The molecule has 1 N–H and O–H groups in total. The van der Waals surface area contributed by atoms with Gasteiger partial charge in [-0.05, 0) is 26.0 Å². The van der Waals surface area contributed by atoms with Crippen molar-refractivity contribution in [1.29, 1.82) is 0 Å². The molecule has 0 bridgehead atoms. The number of rotatable bonds is 5. The van der Waals surface area contributed by atoms with Gasteiger partial charge in [0.1, 0.15) is 11.5 Å². The second kappa shape index (κ2) is 5.97. The van der Waals surface area contributed by atoms with Crippen molar-refractivity contribution in [3.63, 3.8) is 0 Å². The molecule has 1 aromatic heterocycles. The lowest BCUT2D eigenvalue weighted by Crippen LogP contribution is -2.05. The first-order valence-corrected chi connectivity index (χ1v) is 7.00. The summed E-state index contributed by atoms with van der Waals surface area (Å²) in [7, 11) is 3.31. The standard InChI is InChI=1S/C15H19NO2S/c1-10-5-6-15(19-10)11(2)16-12-7-13(17-3)9-14(8-12)18-4/h5-9,11,16H,1-4H3. The second-order valence-corrected chi connectivity index (χ2v) is 5.74. The van der Waals surface area contributed by atoms with Crippen LogP contribution in [0.25, 0.3) is 0 Å². The SMILES string of the molecule is COc1cc(NC(C)c2ccc(C)s2)cc(OC)c1. The Hall–Kier alpha value is -1.68. The summed E-state index contributed by atoms with van der Waals surface area (Å²) in [5.41, 5.74) is 0.995. The molecular formula is C15H19NO2S. The maximum absolute atomic E-state index is 5.27. The van der Waals surface area contributed by atoms with E-state index in [4.69, 9.17) is 9.47 Å². The number of benzene rings is 1. The van der Waals surface area contributed by atoms with Crippen LogP contribution in [-0.2, 0) is 0 Å². The van der Waals surface area contributed by atoms with Gasteiger partial charge in [0.2, 0.25) is 0 Å². The number of ether oxygens (including phenoxy) is 2. The molecule has 0 saturated heterocycles. The van der Waals surface area contributed by atoms with Gasteiger partial charge < -0.3 is 14.8 Å². The first-order chi connectivity index (χ1) is 9.12. The molecule has 0 spiro atoms. The van der Waals surface area contributed by atoms with E-state index in [1.165, 1.54) is 9.75 Å². The van der Waals surface area contributed by atoms with E-state index in [1.807, 2.05) is 29.5 Å². The van der Waals surface area contributed by atoms with E-state index in [-0.39, 0.29) is 6.04 Å². The van der Waals surface area contributed by atoms with Gasteiger partial charge in [-0.1, -0.05) is 0 Å². The van der Waals surface area contributed by atoms with Crippen molar-refractivity contribution < 1.29 is 9.47 Å². The van der Waals surface area contributed by atoms with Crippen molar-refractivity contribution in [3.05, 3.63) is 40.1 Å². The summed E-state index contributed by atoms with van der Waals surface area (Å²) in [5, 5.41) is 3.47. The minimum absolute atomic E-state index is 0.260. The highest BCUT2D eigenvalue weighted by Gasteiger charge is 2.09. The number of hydrogen-bond donors (Lipinski definition) is 1. The Labute approximate surface area is 118 Å². The third kappa shape index (κ3) is 3.41. The van der Waals surface area contributed by atoms with E-state index in [1.54, 1.807) is 14.2 Å². The van der Waals surface area contributed by atoms with Crippen LogP contribution in [-0.4, -0.2) is 14.2 Å². The van der Waals surface area contributed by atoms with Crippen molar-refractivity contribution in [1.82, 2.24) is 0 Å². The third-order valence-electron chi connectivity index (χ3n) is 2.92. The van der Waals surface area contributed by atoms with Crippen LogP contribution in [0.1, 0.15) is 22.7 Å². The van der Waals surface area contributed by atoms with Crippen molar-refractivity contribution >= 4 is 17.0 Å². The summed E-state index contributed by atoms with van der Waals surface area (Å²) < 4.78 is 10.5. The number of anilines is 1. The van der Waals surface area contributed by atoms with Crippen LogP contribution in [0.3, 0.4) is 0 Å². The molecule has 0 aliphatic heterocycles. The highest BCUT2D eigenvalue weighted by atomic mass is 32.1.